The minimum absolute atomic E-state index is 0.0879. The molecule has 0 bridgehead atoms. The van der Waals surface area contributed by atoms with Crippen LogP contribution in [0.15, 0.2) is 30.6 Å². The molecule has 0 aliphatic heterocycles. The molecule has 102 valence electrons. The summed E-state index contributed by atoms with van der Waals surface area (Å²) in [5.74, 6) is 4.08. The normalized spacial score (nSPS) is 9.55. The summed E-state index contributed by atoms with van der Waals surface area (Å²) in [5, 5.41) is 0. The number of halogens is 2. The predicted molar refractivity (Wildman–Crippen MR) is 67.4 cm³/mol. The number of rotatable bonds is 4. The van der Waals surface area contributed by atoms with Gasteiger partial charge < -0.3 is 9.47 Å². The van der Waals surface area contributed by atoms with Gasteiger partial charge in [0.25, 0.3) is 0 Å². The summed E-state index contributed by atoms with van der Waals surface area (Å²) >= 11 is 0. The Morgan fingerprint density at radius 3 is 2.70 bits per heavy atom. The van der Waals surface area contributed by atoms with Crippen LogP contribution < -0.4 is 9.47 Å². The number of hydrogen-bond donors (Lipinski definition) is 0. The Hall–Kier alpha value is -2.68. The van der Waals surface area contributed by atoms with Gasteiger partial charge in [-0.05, 0) is 19.1 Å². The fourth-order valence-corrected chi connectivity index (χ4v) is 1.31. The SMILES string of the molecule is CC#CCOc1cc(Oc2ccc(F)cc2F)ncn1. The molecule has 1 aromatic heterocycles. The van der Waals surface area contributed by atoms with Gasteiger partial charge in [-0.1, -0.05) is 5.92 Å². The molecule has 2 aromatic rings. The summed E-state index contributed by atoms with van der Waals surface area (Å²) in [6, 6.07) is 4.38. The first kappa shape index (κ1) is 13.7. The quantitative estimate of drug-likeness (QED) is 0.805. The Balaban J connectivity index is 2.12. The highest BCUT2D eigenvalue weighted by atomic mass is 19.1. The number of benzene rings is 1. The Kier molecular flexibility index (Phi) is 4.45. The van der Waals surface area contributed by atoms with E-state index in [0.717, 1.165) is 12.1 Å². The number of ether oxygens (including phenoxy) is 2. The summed E-state index contributed by atoms with van der Waals surface area (Å²) in [5.41, 5.74) is 0. The van der Waals surface area contributed by atoms with E-state index in [9.17, 15) is 8.78 Å². The van der Waals surface area contributed by atoms with Gasteiger partial charge in [-0.3, -0.25) is 0 Å². The predicted octanol–water partition coefficient (Wildman–Crippen LogP) is 2.95. The maximum atomic E-state index is 13.4. The Morgan fingerprint density at radius 2 is 1.95 bits per heavy atom. The van der Waals surface area contributed by atoms with E-state index >= 15 is 0 Å². The summed E-state index contributed by atoms with van der Waals surface area (Å²) in [7, 11) is 0. The molecule has 2 rings (SSSR count). The zero-order valence-corrected chi connectivity index (χ0v) is 10.6. The Labute approximate surface area is 114 Å². The second-order valence-corrected chi connectivity index (χ2v) is 3.59. The van der Waals surface area contributed by atoms with Gasteiger partial charge in [0.15, 0.2) is 18.2 Å². The largest absolute Gasteiger partial charge is 0.464 e. The van der Waals surface area contributed by atoms with Crippen molar-refractivity contribution in [3.8, 4) is 29.4 Å². The first-order valence-electron chi connectivity index (χ1n) is 5.66. The maximum Gasteiger partial charge on any atom is 0.226 e. The summed E-state index contributed by atoms with van der Waals surface area (Å²) in [6.07, 6.45) is 1.21. The average molecular weight is 276 g/mol. The fourth-order valence-electron chi connectivity index (χ4n) is 1.31. The molecule has 0 aliphatic carbocycles. The van der Waals surface area contributed by atoms with Crippen molar-refractivity contribution in [1.29, 1.82) is 0 Å². The van der Waals surface area contributed by atoms with Crippen molar-refractivity contribution in [2.75, 3.05) is 6.61 Å². The first-order chi connectivity index (χ1) is 9.69. The highest BCUT2D eigenvalue weighted by Gasteiger charge is 2.08. The zero-order chi connectivity index (χ0) is 14.4. The van der Waals surface area contributed by atoms with E-state index in [2.05, 4.69) is 21.8 Å². The minimum atomic E-state index is -0.817. The van der Waals surface area contributed by atoms with Crippen molar-refractivity contribution in [3.63, 3.8) is 0 Å². The van der Waals surface area contributed by atoms with Gasteiger partial charge in [-0.2, -0.15) is 0 Å². The van der Waals surface area contributed by atoms with Gasteiger partial charge in [-0.15, -0.1) is 5.92 Å². The molecule has 0 fully saturated rings. The molecule has 4 nitrogen and oxygen atoms in total. The van der Waals surface area contributed by atoms with Crippen molar-refractivity contribution < 1.29 is 18.3 Å². The van der Waals surface area contributed by atoms with E-state index < -0.39 is 11.6 Å². The van der Waals surface area contributed by atoms with E-state index in [-0.39, 0.29) is 24.1 Å². The van der Waals surface area contributed by atoms with Crippen LogP contribution in [0.4, 0.5) is 8.78 Å². The lowest BCUT2D eigenvalue weighted by Gasteiger charge is -2.06. The second-order valence-electron chi connectivity index (χ2n) is 3.59. The van der Waals surface area contributed by atoms with E-state index in [1.54, 1.807) is 6.92 Å². The lowest BCUT2D eigenvalue weighted by molar-refractivity contribution is 0.348. The van der Waals surface area contributed by atoms with Crippen LogP contribution in [-0.4, -0.2) is 16.6 Å². The van der Waals surface area contributed by atoms with Crippen molar-refractivity contribution in [1.82, 2.24) is 9.97 Å². The third-order valence-electron chi connectivity index (χ3n) is 2.19. The Bertz CT molecular complexity index is 666. The molecule has 0 amide bonds. The van der Waals surface area contributed by atoms with Crippen LogP contribution in [0.25, 0.3) is 0 Å². The van der Waals surface area contributed by atoms with Gasteiger partial charge in [-0.25, -0.2) is 18.7 Å². The third kappa shape index (κ3) is 3.65. The van der Waals surface area contributed by atoms with E-state index in [1.165, 1.54) is 18.5 Å². The maximum absolute atomic E-state index is 13.4. The second kappa shape index (κ2) is 6.48. The van der Waals surface area contributed by atoms with E-state index in [1.807, 2.05) is 0 Å². The van der Waals surface area contributed by atoms with Crippen LogP contribution in [0.2, 0.25) is 0 Å². The highest BCUT2D eigenvalue weighted by molar-refractivity contribution is 5.30. The molecular weight excluding hydrogens is 266 g/mol. The molecule has 0 radical (unpaired) electrons. The number of nitrogens with zero attached hydrogens (tertiary/aromatic N) is 2. The van der Waals surface area contributed by atoms with Crippen LogP contribution in [0, 0.1) is 23.5 Å². The van der Waals surface area contributed by atoms with Crippen LogP contribution in [0.1, 0.15) is 6.92 Å². The van der Waals surface area contributed by atoms with Crippen molar-refractivity contribution in [2.24, 2.45) is 0 Å². The molecular formula is C14H10F2N2O2. The monoisotopic (exact) mass is 276 g/mol. The highest BCUT2D eigenvalue weighted by Crippen LogP contribution is 2.24. The number of hydrogen-bond acceptors (Lipinski definition) is 4. The van der Waals surface area contributed by atoms with Crippen molar-refractivity contribution >= 4 is 0 Å². The van der Waals surface area contributed by atoms with Crippen LogP contribution in [0.3, 0.4) is 0 Å². The van der Waals surface area contributed by atoms with Gasteiger partial charge in [0, 0.05) is 6.07 Å². The van der Waals surface area contributed by atoms with Crippen molar-refractivity contribution in [2.45, 2.75) is 6.92 Å². The van der Waals surface area contributed by atoms with Crippen LogP contribution in [0.5, 0.6) is 17.5 Å². The van der Waals surface area contributed by atoms with Gasteiger partial charge in [0.2, 0.25) is 11.8 Å². The topological polar surface area (TPSA) is 44.2 Å². The summed E-state index contributed by atoms with van der Waals surface area (Å²) in [6.45, 7) is 1.87. The molecule has 0 atom stereocenters. The first-order valence-corrected chi connectivity index (χ1v) is 5.66. The van der Waals surface area contributed by atoms with E-state index in [4.69, 9.17) is 9.47 Å². The third-order valence-corrected chi connectivity index (χ3v) is 2.19. The molecule has 20 heavy (non-hydrogen) atoms. The van der Waals surface area contributed by atoms with Crippen LogP contribution >= 0.6 is 0 Å². The average Bonchev–Trinajstić information content (AvgIpc) is 2.43. The zero-order valence-electron chi connectivity index (χ0n) is 10.6. The smallest absolute Gasteiger partial charge is 0.226 e. The number of aromatic nitrogens is 2. The molecule has 0 aliphatic rings. The molecule has 1 heterocycles. The lowest BCUT2D eigenvalue weighted by atomic mass is 10.3. The molecule has 0 unspecified atom stereocenters. The van der Waals surface area contributed by atoms with Gasteiger partial charge >= 0.3 is 0 Å². The standard InChI is InChI=1S/C14H10F2N2O2/c1-2-3-6-19-13-8-14(18-9-17-13)20-12-5-4-10(15)7-11(12)16/h4-5,7-9H,6H2,1H3. The van der Waals surface area contributed by atoms with E-state index in [0.29, 0.717) is 0 Å². The van der Waals surface area contributed by atoms with Crippen LogP contribution in [-0.2, 0) is 0 Å². The minimum Gasteiger partial charge on any atom is -0.464 e. The van der Waals surface area contributed by atoms with Gasteiger partial charge in [0.05, 0.1) is 6.07 Å². The summed E-state index contributed by atoms with van der Waals surface area (Å²) < 4.78 is 36.6. The molecule has 0 spiro atoms. The fraction of sp³-hybridized carbons (Fsp3) is 0.143. The lowest BCUT2D eigenvalue weighted by Crippen LogP contribution is -1.98. The molecule has 0 saturated heterocycles. The van der Waals surface area contributed by atoms with Crippen molar-refractivity contribution in [3.05, 3.63) is 42.2 Å². The molecule has 0 N–H and O–H groups in total. The molecule has 6 heteroatoms. The molecule has 1 aromatic carbocycles. The molecule has 0 saturated carbocycles. The Morgan fingerprint density at radius 1 is 1.15 bits per heavy atom. The summed E-state index contributed by atoms with van der Waals surface area (Å²) in [4.78, 5) is 7.67. The van der Waals surface area contributed by atoms with Gasteiger partial charge in [0.1, 0.15) is 12.1 Å².